The SMILES string of the molecule is Cn1c(CC(=O)NNC(=O)C2CCN(C(=O)Nc3ccccc3)CC2)nc2ccccc21. The number of amides is 4. The number of para-hydroxylation sites is 3. The van der Waals surface area contributed by atoms with Gasteiger partial charge in [0.25, 0.3) is 0 Å². The highest BCUT2D eigenvalue weighted by Gasteiger charge is 2.27. The molecule has 0 saturated carbocycles. The molecule has 0 unspecified atom stereocenters. The third-order valence-corrected chi connectivity index (χ3v) is 5.70. The van der Waals surface area contributed by atoms with E-state index in [4.69, 9.17) is 0 Å². The van der Waals surface area contributed by atoms with Crippen LogP contribution < -0.4 is 16.2 Å². The van der Waals surface area contributed by atoms with E-state index in [0.29, 0.717) is 31.8 Å². The van der Waals surface area contributed by atoms with E-state index < -0.39 is 0 Å². The van der Waals surface area contributed by atoms with Crippen molar-refractivity contribution in [1.82, 2.24) is 25.3 Å². The van der Waals surface area contributed by atoms with E-state index in [-0.39, 0.29) is 30.2 Å². The molecular formula is C23H26N6O3. The fourth-order valence-electron chi connectivity index (χ4n) is 3.84. The van der Waals surface area contributed by atoms with Crippen LogP contribution in [0.25, 0.3) is 11.0 Å². The number of hydrazine groups is 1. The van der Waals surface area contributed by atoms with Crippen molar-refractivity contribution in [3.05, 3.63) is 60.4 Å². The van der Waals surface area contributed by atoms with E-state index in [1.807, 2.05) is 66.2 Å². The number of anilines is 1. The van der Waals surface area contributed by atoms with Crippen LogP contribution in [0.3, 0.4) is 0 Å². The monoisotopic (exact) mass is 434 g/mol. The van der Waals surface area contributed by atoms with E-state index in [9.17, 15) is 14.4 Å². The summed E-state index contributed by atoms with van der Waals surface area (Å²) >= 11 is 0. The molecule has 0 spiro atoms. The standard InChI is InChI=1S/C23H26N6O3/c1-28-19-10-6-5-9-18(19)25-20(28)15-21(30)26-27-22(31)16-11-13-29(14-12-16)23(32)24-17-7-3-2-4-8-17/h2-10,16H,11-15H2,1H3,(H,24,32)(H,26,30)(H,27,31). The summed E-state index contributed by atoms with van der Waals surface area (Å²) in [6, 6.07) is 16.7. The largest absolute Gasteiger partial charge is 0.331 e. The van der Waals surface area contributed by atoms with Gasteiger partial charge in [0.15, 0.2) is 0 Å². The number of imidazole rings is 1. The maximum Gasteiger partial charge on any atom is 0.321 e. The maximum absolute atomic E-state index is 12.5. The summed E-state index contributed by atoms with van der Waals surface area (Å²) in [4.78, 5) is 43.3. The number of carbonyl (C=O) groups is 3. The zero-order valence-corrected chi connectivity index (χ0v) is 17.9. The Balaban J connectivity index is 1.22. The highest BCUT2D eigenvalue weighted by atomic mass is 16.2. The molecule has 3 aromatic rings. The summed E-state index contributed by atoms with van der Waals surface area (Å²) in [7, 11) is 1.86. The molecule has 1 aromatic heterocycles. The molecule has 4 amide bonds. The van der Waals surface area contributed by atoms with E-state index in [2.05, 4.69) is 21.2 Å². The minimum Gasteiger partial charge on any atom is -0.331 e. The summed E-state index contributed by atoms with van der Waals surface area (Å²) in [6.45, 7) is 0.953. The first-order valence-corrected chi connectivity index (χ1v) is 10.6. The normalized spacial score (nSPS) is 14.2. The molecule has 1 aliphatic heterocycles. The van der Waals surface area contributed by atoms with Gasteiger partial charge in [-0.05, 0) is 37.1 Å². The third-order valence-electron chi connectivity index (χ3n) is 5.70. The number of rotatable bonds is 4. The number of fused-ring (bicyclic) bond motifs is 1. The van der Waals surface area contributed by atoms with E-state index in [1.54, 1.807) is 4.90 Å². The van der Waals surface area contributed by atoms with Gasteiger partial charge in [-0.15, -0.1) is 0 Å². The van der Waals surface area contributed by atoms with E-state index in [1.165, 1.54) is 0 Å². The van der Waals surface area contributed by atoms with Crippen molar-refractivity contribution in [2.75, 3.05) is 18.4 Å². The number of urea groups is 1. The molecule has 0 atom stereocenters. The van der Waals surface area contributed by atoms with Crippen LogP contribution in [0.5, 0.6) is 0 Å². The average Bonchev–Trinajstić information content (AvgIpc) is 3.13. The lowest BCUT2D eigenvalue weighted by atomic mass is 9.96. The lowest BCUT2D eigenvalue weighted by Gasteiger charge is -2.31. The number of hydrogen-bond acceptors (Lipinski definition) is 4. The Morgan fingerprint density at radius 1 is 0.969 bits per heavy atom. The number of piperidine rings is 1. The quantitative estimate of drug-likeness (QED) is 0.547. The van der Waals surface area contributed by atoms with Gasteiger partial charge in [-0.1, -0.05) is 30.3 Å². The molecule has 166 valence electrons. The molecule has 9 heteroatoms. The van der Waals surface area contributed by atoms with Gasteiger partial charge < -0.3 is 14.8 Å². The summed E-state index contributed by atoms with van der Waals surface area (Å²) in [5, 5.41) is 2.85. The molecule has 9 nitrogen and oxygen atoms in total. The molecule has 0 bridgehead atoms. The second-order valence-electron chi connectivity index (χ2n) is 7.85. The topological polar surface area (TPSA) is 108 Å². The van der Waals surface area contributed by atoms with Gasteiger partial charge in [0.1, 0.15) is 5.82 Å². The molecule has 1 saturated heterocycles. The van der Waals surface area contributed by atoms with Crippen molar-refractivity contribution in [1.29, 1.82) is 0 Å². The number of nitrogens with one attached hydrogen (secondary N) is 3. The van der Waals surface area contributed by atoms with Gasteiger partial charge in [0.2, 0.25) is 11.8 Å². The highest BCUT2D eigenvalue weighted by Crippen LogP contribution is 2.18. The minimum atomic E-state index is -0.337. The van der Waals surface area contributed by atoms with Crippen LogP contribution in [0.4, 0.5) is 10.5 Å². The third kappa shape index (κ3) is 4.88. The van der Waals surface area contributed by atoms with Crippen molar-refractivity contribution in [2.45, 2.75) is 19.3 Å². The number of aromatic nitrogens is 2. The molecule has 3 N–H and O–H groups in total. The van der Waals surface area contributed by atoms with Crippen molar-refractivity contribution >= 4 is 34.6 Å². The fraction of sp³-hybridized carbons (Fsp3) is 0.304. The number of likely N-dealkylation sites (tertiary alicyclic amines) is 1. The number of nitrogens with zero attached hydrogens (tertiary/aromatic N) is 3. The number of carbonyl (C=O) groups excluding carboxylic acids is 3. The predicted octanol–water partition coefficient (Wildman–Crippen LogP) is 2.21. The van der Waals surface area contributed by atoms with Crippen LogP contribution >= 0.6 is 0 Å². The summed E-state index contributed by atoms with van der Waals surface area (Å²) < 4.78 is 1.87. The first-order chi connectivity index (χ1) is 15.5. The zero-order valence-electron chi connectivity index (χ0n) is 17.9. The van der Waals surface area contributed by atoms with Crippen LogP contribution in [0.1, 0.15) is 18.7 Å². The molecule has 2 aromatic carbocycles. The van der Waals surface area contributed by atoms with Crippen LogP contribution in [0, 0.1) is 5.92 Å². The van der Waals surface area contributed by atoms with Gasteiger partial charge in [-0.2, -0.15) is 0 Å². The second-order valence-corrected chi connectivity index (χ2v) is 7.85. The Labute approximate surface area is 185 Å². The average molecular weight is 435 g/mol. The first kappa shape index (κ1) is 21.4. The smallest absolute Gasteiger partial charge is 0.321 e. The zero-order chi connectivity index (χ0) is 22.5. The Hall–Kier alpha value is -3.88. The Morgan fingerprint density at radius 2 is 1.66 bits per heavy atom. The molecule has 1 fully saturated rings. The first-order valence-electron chi connectivity index (χ1n) is 10.6. The second kappa shape index (κ2) is 9.51. The summed E-state index contributed by atoms with van der Waals surface area (Å²) in [5.74, 6) is -0.217. The lowest BCUT2D eigenvalue weighted by molar-refractivity contribution is -0.131. The van der Waals surface area contributed by atoms with Crippen molar-refractivity contribution in [2.24, 2.45) is 13.0 Å². The number of benzene rings is 2. The molecule has 32 heavy (non-hydrogen) atoms. The summed E-state index contributed by atoms with van der Waals surface area (Å²) in [5.41, 5.74) is 7.50. The van der Waals surface area contributed by atoms with Gasteiger partial charge in [0, 0.05) is 31.7 Å². The highest BCUT2D eigenvalue weighted by molar-refractivity contribution is 5.90. The minimum absolute atomic E-state index is 0.0591. The molecule has 1 aliphatic rings. The molecule has 2 heterocycles. The van der Waals surface area contributed by atoms with Crippen molar-refractivity contribution in [3.8, 4) is 0 Å². The van der Waals surface area contributed by atoms with Gasteiger partial charge in [-0.25, -0.2) is 9.78 Å². The Kier molecular flexibility index (Phi) is 6.34. The molecule has 0 radical (unpaired) electrons. The number of aryl methyl sites for hydroxylation is 1. The Bertz CT molecular complexity index is 1120. The van der Waals surface area contributed by atoms with Gasteiger partial charge in [-0.3, -0.25) is 20.4 Å². The van der Waals surface area contributed by atoms with Gasteiger partial charge in [0.05, 0.1) is 17.5 Å². The fourth-order valence-corrected chi connectivity index (χ4v) is 3.84. The molecule has 0 aliphatic carbocycles. The van der Waals surface area contributed by atoms with Crippen molar-refractivity contribution in [3.63, 3.8) is 0 Å². The Morgan fingerprint density at radius 3 is 2.38 bits per heavy atom. The van der Waals surface area contributed by atoms with Crippen LogP contribution in [0.15, 0.2) is 54.6 Å². The van der Waals surface area contributed by atoms with Crippen molar-refractivity contribution < 1.29 is 14.4 Å². The number of hydrogen-bond donors (Lipinski definition) is 3. The van der Waals surface area contributed by atoms with E-state index in [0.717, 1.165) is 16.7 Å². The molecule has 4 rings (SSSR count). The van der Waals surface area contributed by atoms with E-state index >= 15 is 0 Å². The van der Waals surface area contributed by atoms with Gasteiger partial charge >= 0.3 is 6.03 Å². The lowest BCUT2D eigenvalue weighted by Crippen LogP contribution is -2.49. The van der Waals surface area contributed by atoms with Crippen LogP contribution in [-0.2, 0) is 23.1 Å². The maximum atomic E-state index is 12.5. The summed E-state index contributed by atoms with van der Waals surface area (Å²) in [6.07, 6.45) is 1.13. The molecular weight excluding hydrogens is 408 g/mol. The van der Waals surface area contributed by atoms with Crippen LogP contribution in [-0.4, -0.2) is 45.4 Å². The van der Waals surface area contributed by atoms with Crippen LogP contribution in [0.2, 0.25) is 0 Å². The predicted molar refractivity (Wildman–Crippen MR) is 120 cm³/mol.